The molecule has 1 rings (SSSR count). The Bertz CT molecular complexity index is 145. The van der Waals surface area contributed by atoms with Crippen LogP contribution in [0.3, 0.4) is 0 Å². The van der Waals surface area contributed by atoms with E-state index >= 15 is 0 Å². The first-order valence-corrected chi connectivity index (χ1v) is 6.32. The Hall–Kier alpha value is -0.520. The van der Waals surface area contributed by atoms with Crippen molar-refractivity contribution in [1.29, 1.82) is 0 Å². The smallest absolute Gasteiger partial charge is 0.0348 e. The molecule has 0 nitrogen and oxygen atoms in total. The molecule has 0 radical (unpaired) electrons. The molecule has 0 bridgehead atoms. The van der Waals surface area contributed by atoms with Crippen LogP contribution in [-0.4, -0.2) is 0 Å². The Kier molecular flexibility index (Phi) is 7.47. The minimum Gasteiger partial charge on any atom is -0.0845 e. The molecule has 0 heteroatoms. The summed E-state index contributed by atoms with van der Waals surface area (Å²) in [6.07, 6.45) is 23.0. The van der Waals surface area contributed by atoms with E-state index in [1.807, 2.05) is 0 Å². The fraction of sp³-hybridized carbons (Fsp3) is 0.714. The van der Waals surface area contributed by atoms with Crippen LogP contribution in [-0.2, 0) is 0 Å². The van der Waals surface area contributed by atoms with Crippen molar-refractivity contribution in [3.63, 3.8) is 0 Å². The summed E-state index contributed by atoms with van der Waals surface area (Å²) < 4.78 is 0. The number of hydrogen-bond acceptors (Lipinski definition) is 0. The van der Waals surface area contributed by atoms with Crippen LogP contribution in [0, 0.1) is 0 Å². The lowest BCUT2D eigenvalue weighted by atomic mass is 10.1. The fourth-order valence-corrected chi connectivity index (χ4v) is 1.93. The van der Waals surface area contributed by atoms with Gasteiger partial charge in [0.25, 0.3) is 0 Å². The van der Waals surface area contributed by atoms with Gasteiger partial charge in [0, 0.05) is 0 Å². The van der Waals surface area contributed by atoms with Gasteiger partial charge in [-0.2, -0.15) is 0 Å². The van der Waals surface area contributed by atoms with Gasteiger partial charge in [-0.1, -0.05) is 62.8 Å². The first-order valence-electron chi connectivity index (χ1n) is 6.32. The summed E-state index contributed by atoms with van der Waals surface area (Å²) in [5.41, 5.74) is 0. The zero-order valence-electron chi connectivity index (χ0n) is 9.38. The minimum absolute atomic E-state index is 1.27. The van der Waals surface area contributed by atoms with Gasteiger partial charge in [-0.15, -0.1) is 0 Å². The van der Waals surface area contributed by atoms with E-state index in [9.17, 15) is 0 Å². The highest BCUT2D eigenvalue weighted by Crippen LogP contribution is 2.11. The van der Waals surface area contributed by atoms with Gasteiger partial charge in [-0.05, 0) is 25.7 Å². The molecule has 0 unspecified atom stereocenters. The van der Waals surface area contributed by atoms with Gasteiger partial charge in [0.2, 0.25) is 0 Å². The standard InChI is InChI=1S/C14H24/c1-2-4-6-8-10-12-14-13-11-9-7-5-3-1/h1-4H,5-14H2/b3-1+,4-2+. The average Bonchev–Trinajstić information content (AvgIpc) is 2.22. The molecule has 0 saturated carbocycles. The van der Waals surface area contributed by atoms with Gasteiger partial charge >= 0.3 is 0 Å². The molecule has 0 N–H and O–H groups in total. The third-order valence-corrected chi connectivity index (χ3v) is 2.87. The van der Waals surface area contributed by atoms with E-state index in [2.05, 4.69) is 24.3 Å². The summed E-state index contributed by atoms with van der Waals surface area (Å²) in [6, 6.07) is 0. The van der Waals surface area contributed by atoms with Gasteiger partial charge in [0.1, 0.15) is 0 Å². The molecule has 14 heavy (non-hydrogen) atoms. The molecule has 0 aliphatic heterocycles. The second kappa shape index (κ2) is 9.05. The maximum Gasteiger partial charge on any atom is -0.0348 e. The van der Waals surface area contributed by atoms with Crippen molar-refractivity contribution in [3.8, 4) is 0 Å². The van der Waals surface area contributed by atoms with E-state index in [0.717, 1.165) is 0 Å². The largest absolute Gasteiger partial charge is 0.0845 e. The molecule has 1 aliphatic carbocycles. The molecule has 0 saturated heterocycles. The molecule has 0 fully saturated rings. The van der Waals surface area contributed by atoms with Crippen LogP contribution < -0.4 is 0 Å². The third kappa shape index (κ3) is 6.94. The van der Waals surface area contributed by atoms with Gasteiger partial charge < -0.3 is 0 Å². The van der Waals surface area contributed by atoms with E-state index in [-0.39, 0.29) is 0 Å². The van der Waals surface area contributed by atoms with Crippen molar-refractivity contribution in [2.24, 2.45) is 0 Å². The fourth-order valence-electron chi connectivity index (χ4n) is 1.93. The summed E-state index contributed by atoms with van der Waals surface area (Å²) in [7, 11) is 0. The highest BCUT2D eigenvalue weighted by Gasteiger charge is 1.91. The van der Waals surface area contributed by atoms with Crippen LogP contribution in [0.1, 0.15) is 64.2 Å². The third-order valence-electron chi connectivity index (χ3n) is 2.87. The minimum atomic E-state index is 1.27. The molecular weight excluding hydrogens is 168 g/mol. The van der Waals surface area contributed by atoms with E-state index in [0.29, 0.717) is 0 Å². The summed E-state index contributed by atoms with van der Waals surface area (Å²) >= 11 is 0. The molecule has 80 valence electrons. The van der Waals surface area contributed by atoms with E-state index < -0.39 is 0 Å². The van der Waals surface area contributed by atoms with Crippen molar-refractivity contribution < 1.29 is 0 Å². The molecule has 0 heterocycles. The number of rotatable bonds is 0. The second-order valence-corrected chi connectivity index (χ2v) is 4.26. The Morgan fingerprint density at radius 2 is 0.786 bits per heavy atom. The van der Waals surface area contributed by atoms with Crippen molar-refractivity contribution in [2.45, 2.75) is 64.2 Å². The molecule has 0 aromatic rings. The van der Waals surface area contributed by atoms with Gasteiger partial charge in [-0.25, -0.2) is 0 Å². The normalized spacial score (nSPS) is 26.3. The Labute approximate surface area is 89.1 Å². The summed E-state index contributed by atoms with van der Waals surface area (Å²) in [6.45, 7) is 0. The van der Waals surface area contributed by atoms with Crippen molar-refractivity contribution >= 4 is 0 Å². The monoisotopic (exact) mass is 192 g/mol. The molecule has 0 spiro atoms. The topological polar surface area (TPSA) is 0 Å². The molecule has 0 aromatic carbocycles. The van der Waals surface area contributed by atoms with E-state index in [1.165, 1.54) is 64.2 Å². The molecule has 0 amide bonds. The van der Waals surface area contributed by atoms with Crippen LogP contribution in [0.15, 0.2) is 24.3 Å². The first kappa shape index (κ1) is 11.6. The van der Waals surface area contributed by atoms with Gasteiger partial charge in [-0.3, -0.25) is 0 Å². The van der Waals surface area contributed by atoms with E-state index in [1.54, 1.807) is 0 Å². The van der Waals surface area contributed by atoms with Gasteiger partial charge in [0.05, 0.1) is 0 Å². The van der Waals surface area contributed by atoms with Crippen LogP contribution >= 0.6 is 0 Å². The lowest BCUT2D eigenvalue weighted by Gasteiger charge is -2.01. The second-order valence-electron chi connectivity index (χ2n) is 4.26. The van der Waals surface area contributed by atoms with E-state index in [4.69, 9.17) is 0 Å². The maximum absolute atomic E-state index is 2.31. The number of allylic oxidation sites excluding steroid dienone is 4. The van der Waals surface area contributed by atoms with Crippen LogP contribution in [0.25, 0.3) is 0 Å². The highest BCUT2D eigenvalue weighted by molar-refractivity contribution is 5.02. The quantitative estimate of drug-likeness (QED) is 0.506. The van der Waals surface area contributed by atoms with Crippen LogP contribution in [0.2, 0.25) is 0 Å². The van der Waals surface area contributed by atoms with Crippen molar-refractivity contribution in [1.82, 2.24) is 0 Å². The number of hydrogen-bond donors (Lipinski definition) is 0. The predicted octanol–water partition coefficient (Wildman–Crippen LogP) is 5.01. The predicted molar refractivity (Wildman–Crippen MR) is 64.5 cm³/mol. The van der Waals surface area contributed by atoms with Crippen molar-refractivity contribution in [3.05, 3.63) is 24.3 Å². The maximum atomic E-state index is 2.31. The van der Waals surface area contributed by atoms with Gasteiger partial charge in [0.15, 0.2) is 0 Å². The summed E-state index contributed by atoms with van der Waals surface area (Å²) in [4.78, 5) is 0. The lowest BCUT2D eigenvalue weighted by molar-refractivity contribution is 0.571. The highest BCUT2D eigenvalue weighted by atomic mass is 14.0. The Morgan fingerprint density at radius 1 is 0.429 bits per heavy atom. The molecule has 1 aliphatic rings. The SMILES string of the molecule is C1=C/CCCCCCCCCC/C=C/1. The van der Waals surface area contributed by atoms with Crippen molar-refractivity contribution in [2.75, 3.05) is 0 Å². The first-order chi connectivity index (χ1) is 7.00. The molecule has 0 aromatic heterocycles. The average molecular weight is 192 g/mol. The van der Waals surface area contributed by atoms with Crippen LogP contribution in [0.4, 0.5) is 0 Å². The molecular formula is C14H24. The zero-order valence-corrected chi connectivity index (χ0v) is 9.38. The lowest BCUT2D eigenvalue weighted by Crippen LogP contribution is -1.81. The van der Waals surface area contributed by atoms with Crippen LogP contribution in [0.5, 0.6) is 0 Å². The molecule has 0 atom stereocenters. The summed E-state index contributed by atoms with van der Waals surface area (Å²) in [5.74, 6) is 0. The zero-order chi connectivity index (χ0) is 9.90. The Balaban J connectivity index is 2.17. The summed E-state index contributed by atoms with van der Waals surface area (Å²) in [5, 5.41) is 0. The Morgan fingerprint density at radius 3 is 1.21 bits per heavy atom.